The van der Waals surface area contributed by atoms with E-state index in [0.717, 1.165) is 38.4 Å². The maximum Gasteiger partial charge on any atom is 0.338 e. The van der Waals surface area contributed by atoms with Crippen molar-refractivity contribution in [1.82, 2.24) is 4.90 Å². The van der Waals surface area contributed by atoms with Gasteiger partial charge in [0.25, 0.3) is 5.91 Å². The Morgan fingerprint density at radius 1 is 1.21 bits per heavy atom. The summed E-state index contributed by atoms with van der Waals surface area (Å²) in [6, 6.07) is 5.22. The van der Waals surface area contributed by atoms with Crippen molar-refractivity contribution in [2.24, 2.45) is 0 Å². The summed E-state index contributed by atoms with van der Waals surface area (Å²) in [6.45, 7) is 1.15. The Balaban J connectivity index is 1.84. The summed E-state index contributed by atoms with van der Waals surface area (Å²) in [6.07, 6.45) is 3.11. The second-order valence-corrected chi connectivity index (χ2v) is 4.53. The summed E-state index contributed by atoms with van der Waals surface area (Å²) in [7, 11) is 0. The summed E-state index contributed by atoms with van der Waals surface area (Å²) < 4.78 is 17.8. The van der Waals surface area contributed by atoms with Gasteiger partial charge in [-0.25, -0.2) is 9.18 Å². The molecule has 0 bridgehead atoms. The number of carbonyl (C=O) groups excluding carboxylic acids is 2. The molecule has 0 N–H and O–H groups in total. The molecule has 5 heteroatoms. The molecule has 0 aliphatic carbocycles. The molecule has 1 saturated heterocycles. The standard InChI is InChI=1S/C14H16FNO3/c15-12-6-4-5-11(9-12)14(18)19-10-13(17)16-7-2-1-3-8-16/h4-6,9H,1-3,7-8,10H2. The molecular weight excluding hydrogens is 249 g/mol. The van der Waals surface area contributed by atoms with E-state index in [9.17, 15) is 14.0 Å². The lowest BCUT2D eigenvalue weighted by molar-refractivity contribution is -0.135. The van der Waals surface area contributed by atoms with Crippen molar-refractivity contribution in [2.75, 3.05) is 19.7 Å². The molecule has 1 aromatic rings. The lowest BCUT2D eigenvalue weighted by Gasteiger charge is -2.26. The zero-order valence-corrected chi connectivity index (χ0v) is 10.6. The predicted octanol–water partition coefficient (Wildman–Crippen LogP) is 1.99. The minimum atomic E-state index is -0.676. The number of nitrogens with zero attached hydrogens (tertiary/aromatic N) is 1. The Kier molecular flexibility index (Phi) is 4.49. The number of benzene rings is 1. The molecule has 1 aromatic carbocycles. The number of halogens is 1. The SMILES string of the molecule is O=C(OCC(=O)N1CCCCC1)c1cccc(F)c1. The zero-order chi connectivity index (χ0) is 13.7. The Hall–Kier alpha value is -1.91. The third-order valence-electron chi connectivity index (χ3n) is 3.10. The van der Waals surface area contributed by atoms with Crippen LogP contribution < -0.4 is 0 Å². The lowest BCUT2D eigenvalue weighted by atomic mass is 10.1. The molecule has 1 fully saturated rings. The Morgan fingerprint density at radius 3 is 2.63 bits per heavy atom. The molecule has 0 unspecified atom stereocenters. The molecule has 0 saturated carbocycles. The maximum atomic E-state index is 12.9. The fourth-order valence-electron chi connectivity index (χ4n) is 2.06. The van der Waals surface area contributed by atoms with Gasteiger partial charge in [-0.2, -0.15) is 0 Å². The molecule has 0 radical (unpaired) electrons. The highest BCUT2D eigenvalue weighted by Gasteiger charge is 2.18. The number of hydrogen-bond acceptors (Lipinski definition) is 3. The van der Waals surface area contributed by atoms with Gasteiger partial charge >= 0.3 is 5.97 Å². The fourth-order valence-corrected chi connectivity index (χ4v) is 2.06. The van der Waals surface area contributed by atoms with Crippen LogP contribution in [0.15, 0.2) is 24.3 Å². The number of amides is 1. The molecule has 4 nitrogen and oxygen atoms in total. The number of esters is 1. The van der Waals surface area contributed by atoms with Gasteiger partial charge in [0.15, 0.2) is 6.61 Å². The second kappa shape index (κ2) is 6.31. The molecule has 1 amide bonds. The number of carbonyl (C=O) groups is 2. The minimum Gasteiger partial charge on any atom is -0.452 e. The van der Waals surface area contributed by atoms with Crippen LogP contribution in [0.3, 0.4) is 0 Å². The largest absolute Gasteiger partial charge is 0.452 e. The first-order valence-corrected chi connectivity index (χ1v) is 6.37. The lowest BCUT2D eigenvalue weighted by Crippen LogP contribution is -2.38. The summed E-state index contributed by atoms with van der Waals surface area (Å²) in [5.41, 5.74) is 0.117. The highest BCUT2D eigenvalue weighted by Crippen LogP contribution is 2.09. The van der Waals surface area contributed by atoms with Gasteiger partial charge in [0.05, 0.1) is 5.56 Å². The maximum absolute atomic E-state index is 12.9. The van der Waals surface area contributed by atoms with Gasteiger partial charge in [0.2, 0.25) is 0 Å². The van der Waals surface area contributed by atoms with Gasteiger partial charge in [-0.05, 0) is 37.5 Å². The Labute approximate surface area is 111 Å². The normalized spacial score (nSPS) is 15.1. The van der Waals surface area contributed by atoms with Crippen molar-refractivity contribution < 1.29 is 18.7 Å². The first-order chi connectivity index (χ1) is 9.16. The van der Waals surface area contributed by atoms with Crippen molar-refractivity contribution in [1.29, 1.82) is 0 Å². The van der Waals surface area contributed by atoms with E-state index in [0.29, 0.717) is 0 Å². The molecule has 19 heavy (non-hydrogen) atoms. The molecule has 1 aliphatic rings. The first-order valence-electron chi connectivity index (χ1n) is 6.37. The van der Waals surface area contributed by atoms with Crippen LogP contribution in [0.2, 0.25) is 0 Å². The third kappa shape index (κ3) is 3.77. The van der Waals surface area contributed by atoms with Gasteiger partial charge in [-0.3, -0.25) is 4.79 Å². The van der Waals surface area contributed by atoms with Gasteiger partial charge in [-0.1, -0.05) is 6.07 Å². The molecule has 1 heterocycles. The molecule has 0 spiro atoms. The van der Waals surface area contributed by atoms with Gasteiger partial charge < -0.3 is 9.64 Å². The summed E-state index contributed by atoms with van der Waals surface area (Å²) >= 11 is 0. The summed E-state index contributed by atoms with van der Waals surface area (Å²) in [4.78, 5) is 25.1. The van der Waals surface area contributed by atoms with Crippen molar-refractivity contribution in [3.05, 3.63) is 35.6 Å². The Morgan fingerprint density at radius 2 is 1.95 bits per heavy atom. The number of rotatable bonds is 3. The molecule has 1 aliphatic heterocycles. The number of ether oxygens (including phenoxy) is 1. The van der Waals surface area contributed by atoms with E-state index in [2.05, 4.69) is 0 Å². The summed E-state index contributed by atoms with van der Waals surface area (Å²) in [5, 5.41) is 0. The van der Waals surface area contributed by atoms with E-state index < -0.39 is 11.8 Å². The topological polar surface area (TPSA) is 46.6 Å². The average Bonchev–Trinajstić information content (AvgIpc) is 2.45. The van der Waals surface area contributed by atoms with Gasteiger partial charge in [0, 0.05) is 13.1 Å². The quantitative estimate of drug-likeness (QED) is 0.785. The van der Waals surface area contributed by atoms with E-state index in [4.69, 9.17) is 4.74 Å². The van der Waals surface area contributed by atoms with Crippen LogP contribution in [-0.4, -0.2) is 36.5 Å². The number of hydrogen-bond donors (Lipinski definition) is 0. The fraction of sp³-hybridized carbons (Fsp3) is 0.429. The van der Waals surface area contributed by atoms with Gasteiger partial charge in [-0.15, -0.1) is 0 Å². The smallest absolute Gasteiger partial charge is 0.338 e. The van der Waals surface area contributed by atoms with Crippen LogP contribution in [0, 0.1) is 5.82 Å². The van der Waals surface area contributed by atoms with E-state index in [-0.39, 0.29) is 18.1 Å². The predicted molar refractivity (Wildman–Crippen MR) is 67.1 cm³/mol. The molecule has 0 atom stereocenters. The summed E-state index contributed by atoms with van der Waals surface area (Å²) in [5.74, 6) is -1.37. The van der Waals surface area contributed by atoms with Crippen LogP contribution in [0.4, 0.5) is 4.39 Å². The van der Waals surface area contributed by atoms with Crippen LogP contribution in [0.5, 0.6) is 0 Å². The average molecular weight is 265 g/mol. The second-order valence-electron chi connectivity index (χ2n) is 4.53. The highest BCUT2D eigenvalue weighted by molar-refractivity contribution is 5.91. The minimum absolute atomic E-state index is 0.117. The number of piperidine rings is 1. The molecule has 102 valence electrons. The van der Waals surface area contributed by atoms with Gasteiger partial charge in [0.1, 0.15) is 5.82 Å². The van der Waals surface area contributed by atoms with Crippen LogP contribution >= 0.6 is 0 Å². The zero-order valence-electron chi connectivity index (χ0n) is 10.6. The van der Waals surface area contributed by atoms with Crippen LogP contribution in [-0.2, 0) is 9.53 Å². The van der Waals surface area contributed by atoms with Crippen molar-refractivity contribution in [2.45, 2.75) is 19.3 Å². The van der Waals surface area contributed by atoms with E-state index in [1.165, 1.54) is 18.2 Å². The van der Waals surface area contributed by atoms with Crippen LogP contribution in [0.25, 0.3) is 0 Å². The van der Waals surface area contributed by atoms with Crippen molar-refractivity contribution >= 4 is 11.9 Å². The Bertz CT molecular complexity index is 470. The highest BCUT2D eigenvalue weighted by atomic mass is 19.1. The molecule has 2 rings (SSSR count). The van der Waals surface area contributed by atoms with Crippen molar-refractivity contribution in [3.63, 3.8) is 0 Å². The monoisotopic (exact) mass is 265 g/mol. The third-order valence-corrected chi connectivity index (χ3v) is 3.10. The first kappa shape index (κ1) is 13.5. The molecule has 0 aromatic heterocycles. The molecular formula is C14H16FNO3. The van der Waals surface area contributed by atoms with Crippen molar-refractivity contribution in [3.8, 4) is 0 Å². The van der Waals surface area contributed by atoms with E-state index in [1.807, 2.05) is 0 Å². The van der Waals surface area contributed by atoms with Crippen LogP contribution in [0.1, 0.15) is 29.6 Å². The van der Waals surface area contributed by atoms with E-state index in [1.54, 1.807) is 4.90 Å². The number of likely N-dealkylation sites (tertiary alicyclic amines) is 1. The van der Waals surface area contributed by atoms with E-state index >= 15 is 0 Å².